The molecule has 2 amide bonds. The number of phenols is 1. The summed E-state index contributed by atoms with van der Waals surface area (Å²) >= 11 is 0. The van der Waals surface area contributed by atoms with Gasteiger partial charge in [-0.15, -0.1) is 6.58 Å². The number of hydrogen-bond donors (Lipinski definition) is 1. The summed E-state index contributed by atoms with van der Waals surface area (Å²) in [6, 6.07) is 14.8. The number of amides is 2. The molecule has 0 radical (unpaired) electrons. The predicted octanol–water partition coefficient (Wildman–Crippen LogP) is 4.75. The molecule has 1 N–H and O–H groups in total. The first kappa shape index (κ1) is 25.0. The maximum Gasteiger partial charge on any atom is 0.234 e. The summed E-state index contributed by atoms with van der Waals surface area (Å²) in [5, 5.41) is 11.3. The second kappa shape index (κ2) is 9.45. The van der Waals surface area contributed by atoms with Crippen molar-refractivity contribution >= 4 is 23.4 Å². The Hall–Kier alpha value is -4.32. The number of nitrogens with zero attached hydrogens (tertiary/aromatic N) is 1. The summed E-state index contributed by atoms with van der Waals surface area (Å²) in [6.07, 6.45) is 6.07. The van der Waals surface area contributed by atoms with Crippen LogP contribution in [-0.4, -0.2) is 33.4 Å². The Balaban J connectivity index is 1.47. The molecule has 1 fully saturated rings. The number of carbonyl (C=O) groups excluding carboxylic acids is 4. The van der Waals surface area contributed by atoms with Crippen LogP contribution in [0.15, 0.2) is 95.6 Å². The molecule has 1 saturated heterocycles. The quantitative estimate of drug-likeness (QED) is 0.350. The van der Waals surface area contributed by atoms with Gasteiger partial charge in [-0.1, -0.05) is 66.3 Å². The predicted molar refractivity (Wildman–Crippen MR) is 145 cm³/mol. The fraction of sp³-hybridized carbons (Fsp3) is 0.273. The van der Waals surface area contributed by atoms with Gasteiger partial charge in [0, 0.05) is 28.2 Å². The number of ketones is 2. The van der Waals surface area contributed by atoms with Gasteiger partial charge in [-0.3, -0.25) is 24.1 Å². The third kappa shape index (κ3) is 3.85. The zero-order valence-corrected chi connectivity index (χ0v) is 21.7. The summed E-state index contributed by atoms with van der Waals surface area (Å²) in [7, 11) is 0. The largest absolute Gasteiger partial charge is 0.507 e. The molecule has 1 aliphatic heterocycles. The molecule has 6 heteroatoms. The fourth-order valence-corrected chi connectivity index (χ4v) is 6.87. The second-order valence-electron chi connectivity index (χ2n) is 10.8. The first-order valence-electron chi connectivity index (χ1n) is 13.3. The molecule has 6 nitrogen and oxygen atoms in total. The van der Waals surface area contributed by atoms with Crippen molar-refractivity contribution < 1.29 is 24.3 Å². The average molecular weight is 520 g/mol. The van der Waals surface area contributed by atoms with E-state index in [1.54, 1.807) is 25.1 Å². The van der Waals surface area contributed by atoms with Crippen molar-refractivity contribution in [2.45, 2.75) is 38.6 Å². The molecule has 6 rings (SSSR count). The Morgan fingerprint density at radius 3 is 2.51 bits per heavy atom. The summed E-state index contributed by atoms with van der Waals surface area (Å²) in [5.41, 5.74) is 4.03. The summed E-state index contributed by atoms with van der Waals surface area (Å²) < 4.78 is 0. The van der Waals surface area contributed by atoms with E-state index in [1.165, 1.54) is 11.0 Å². The van der Waals surface area contributed by atoms with Gasteiger partial charge in [0.1, 0.15) is 5.75 Å². The molecule has 2 aromatic rings. The fourth-order valence-electron chi connectivity index (χ4n) is 6.87. The maximum atomic E-state index is 13.9. The SMILES string of the molecule is C=CCc1cccc([C@H]2C3=CC[C@@H]4C(=O)N(Cc5ccccc5)C(=O)[C@@H]4[C@@H]3CC3=C2C(=O)C(C)=CC3=O)c1O. The monoisotopic (exact) mass is 519 g/mol. The molecule has 196 valence electrons. The number of phenolic OH excluding ortho intramolecular Hbond substituents is 1. The Morgan fingerprint density at radius 1 is 1.00 bits per heavy atom. The highest BCUT2D eigenvalue weighted by Crippen LogP contribution is 2.56. The number of imide groups is 1. The van der Waals surface area contributed by atoms with Gasteiger partial charge in [0.05, 0.1) is 18.4 Å². The van der Waals surface area contributed by atoms with Crippen LogP contribution < -0.4 is 0 Å². The van der Waals surface area contributed by atoms with Crippen molar-refractivity contribution in [1.82, 2.24) is 4.90 Å². The molecule has 1 heterocycles. The van der Waals surface area contributed by atoms with Crippen LogP contribution in [0.5, 0.6) is 5.75 Å². The minimum atomic E-state index is -0.671. The molecule has 2 aromatic carbocycles. The highest BCUT2D eigenvalue weighted by atomic mass is 16.3. The highest BCUT2D eigenvalue weighted by molar-refractivity contribution is 6.24. The number of benzene rings is 2. The Labute approximate surface area is 227 Å². The van der Waals surface area contributed by atoms with Gasteiger partial charge < -0.3 is 5.11 Å². The summed E-state index contributed by atoms with van der Waals surface area (Å²) in [5.74, 6) is -3.05. The van der Waals surface area contributed by atoms with E-state index < -0.39 is 23.7 Å². The number of carbonyl (C=O) groups is 4. The van der Waals surface area contributed by atoms with Crippen LogP contribution in [0.25, 0.3) is 0 Å². The molecule has 0 bridgehead atoms. The van der Waals surface area contributed by atoms with Crippen molar-refractivity contribution in [1.29, 1.82) is 0 Å². The second-order valence-corrected chi connectivity index (χ2v) is 10.8. The number of fused-ring (bicyclic) bond motifs is 3. The topological polar surface area (TPSA) is 91.8 Å². The molecule has 39 heavy (non-hydrogen) atoms. The van der Waals surface area contributed by atoms with E-state index in [0.717, 1.165) is 11.1 Å². The zero-order valence-electron chi connectivity index (χ0n) is 21.7. The van der Waals surface area contributed by atoms with Crippen molar-refractivity contribution in [3.05, 3.63) is 112 Å². The zero-order chi connectivity index (χ0) is 27.4. The molecule has 3 aliphatic carbocycles. The molecular formula is C33H29NO5. The third-order valence-corrected chi connectivity index (χ3v) is 8.67. The van der Waals surface area contributed by atoms with E-state index in [2.05, 4.69) is 6.58 Å². The van der Waals surface area contributed by atoms with Gasteiger partial charge in [0.25, 0.3) is 0 Å². The normalized spacial score (nSPS) is 26.1. The van der Waals surface area contributed by atoms with E-state index in [4.69, 9.17) is 0 Å². The van der Waals surface area contributed by atoms with Gasteiger partial charge in [-0.2, -0.15) is 0 Å². The Kier molecular flexibility index (Phi) is 6.06. The molecule has 0 spiro atoms. The standard InChI is InChI=1S/C33H29NO5/c1-3-8-20-11-7-12-22(31(20)37)27-21-13-14-23-28(24(21)16-25-26(35)15-18(2)30(36)29(25)27)33(39)34(32(23)38)17-19-9-5-4-6-10-19/h3-7,9-13,15,23-24,27-28,37H,1,8,14,16-17H2,2H3/t23-,24+,27+,28-/m0/s1. The van der Waals surface area contributed by atoms with Crippen molar-refractivity contribution in [3.8, 4) is 5.75 Å². The first-order valence-corrected chi connectivity index (χ1v) is 13.3. The minimum absolute atomic E-state index is 0.0601. The van der Waals surface area contributed by atoms with Crippen LogP contribution in [0.1, 0.15) is 42.4 Å². The lowest BCUT2D eigenvalue weighted by Crippen LogP contribution is -2.39. The van der Waals surface area contributed by atoms with Crippen molar-refractivity contribution in [2.24, 2.45) is 17.8 Å². The Morgan fingerprint density at radius 2 is 1.77 bits per heavy atom. The van der Waals surface area contributed by atoms with Gasteiger partial charge in [-0.25, -0.2) is 0 Å². The smallest absolute Gasteiger partial charge is 0.234 e. The van der Waals surface area contributed by atoms with E-state index in [0.29, 0.717) is 40.7 Å². The lowest BCUT2D eigenvalue weighted by molar-refractivity contribution is -0.140. The van der Waals surface area contributed by atoms with Crippen LogP contribution in [0.3, 0.4) is 0 Å². The number of aromatic hydroxyl groups is 1. The van der Waals surface area contributed by atoms with Gasteiger partial charge >= 0.3 is 0 Å². The van der Waals surface area contributed by atoms with Crippen LogP contribution in [0.2, 0.25) is 0 Å². The number of Topliss-reactive ketones (excluding diaryl/α,β-unsaturated/α-hetero) is 1. The minimum Gasteiger partial charge on any atom is -0.507 e. The van der Waals surface area contributed by atoms with Crippen LogP contribution in [0.4, 0.5) is 0 Å². The number of likely N-dealkylation sites (tertiary alicyclic amines) is 1. The van der Waals surface area contributed by atoms with E-state index in [1.807, 2.05) is 42.5 Å². The lowest BCUT2D eigenvalue weighted by atomic mass is 9.59. The molecule has 0 unspecified atom stereocenters. The lowest BCUT2D eigenvalue weighted by Gasteiger charge is -2.42. The van der Waals surface area contributed by atoms with E-state index in [9.17, 15) is 24.3 Å². The molecule has 0 saturated carbocycles. The number of allylic oxidation sites excluding steroid dienone is 7. The molecule has 4 aliphatic rings. The summed E-state index contributed by atoms with van der Waals surface area (Å²) in [6.45, 7) is 5.61. The number of para-hydroxylation sites is 1. The molecule has 4 atom stereocenters. The van der Waals surface area contributed by atoms with E-state index >= 15 is 0 Å². The van der Waals surface area contributed by atoms with Crippen molar-refractivity contribution in [2.75, 3.05) is 0 Å². The summed E-state index contributed by atoms with van der Waals surface area (Å²) in [4.78, 5) is 55.5. The third-order valence-electron chi connectivity index (χ3n) is 8.67. The average Bonchev–Trinajstić information content (AvgIpc) is 3.17. The highest BCUT2D eigenvalue weighted by Gasteiger charge is 2.56. The first-order chi connectivity index (χ1) is 18.8. The van der Waals surface area contributed by atoms with E-state index in [-0.39, 0.29) is 42.1 Å². The number of rotatable bonds is 5. The van der Waals surface area contributed by atoms with Crippen molar-refractivity contribution in [3.63, 3.8) is 0 Å². The van der Waals surface area contributed by atoms with Gasteiger partial charge in [-0.05, 0) is 49.3 Å². The van der Waals surface area contributed by atoms with Crippen LogP contribution in [-0.2, 0) is 32.1 Å². The number of hydrogen-bond acceptors (Lipinski definition) is 5. The molecular weight excluding hydrogens is 490 g/mol. The van der Waals surface area contributed by atoms with Gasteiger partial charge in [0.15, 0.2) is 11.6 Å². The Bertz CT molecular complexity index is 1540. The van der Waals surface area contributed by atoms with Crippen LogP contribution >= 0.6 is 0 Å². The maximum absolute atomic E-state index is 13.9. The van der Waals surface area contributed by atoms with Gasteiger partial charge in [0.2, 0.25) is 11.8 Å². The van der Waals surface area contributed by atoms with Crippen LogP contribution in [0, 0.1) is 17.8 Å². The molecule has 0 aromatic heterocycles.